The second-order valence-electron chi connectivity index (χ2n) is 4.74. The van der Waals surface area contributed by atoms with E-state index in [-0.39, 0.29) is 31.0 Å². The smallest absolute Gasteiger partial charge is 0.321 e. The first-order chi connectivity index (χ1) is 17.0. The summed E-state index contributed by atoms with van der Waals surface area (Å²) in [5.74, 6) is -0.586. The van der Waals surface area contributed by atoms with Crippen molar-refractivity contribution < 1.29 is 17.4 Å². The molecule has 17 heteroatoms. The van der Waals surface area contributed by atoms with Gasteiger partial charge in [-0.3, -0.25) is 5.10 Å². The summed E-state index contributed by atoms with van der Waals surface area (Å²) < 4.78 is 64.2. The van der Waals surface area contributed by atoms with Gasteiger partial charge in [0.2, 0.25) is 14.2 Å². The highest BCUT2D eigenvalue weighted by Crippen LogP contribution is 2.25. The summed E-state index contributed by atoms with van der Waals surface area (Å²) in [5.41, 5.74) is 0. The molecule has 10 nitrogen and oxygen atoms in total. The zero-order valence-electron chi connectivity index (χ0n) is 20.4. The van der Waals surface area contributed by atoms with Crippen LogP contribution in [0.3, 0.4) is 0 Å². The van der Waals surface area contributed by atoms with Crippen molar-refractivity contribution in [2.75, 3.05) is 0 Å². The summed E-state index contributed by atoms with van der Waals surface area (Å²) in [6, 6.07) is 3.18. The highest BCUT2D eigenvalue weighted by molar-refractivity contribution is 9.11. The third-order valence-corrected chi connectivity index (χ3v) is 4.68. The molecule has 0 aliphatic rings. The molecule has 0 unspecified atom stereocenters. The van der Waals surface area contributed by atoms with E-state index >= 15 is 0 Å². The van der Waals surface area contributed by atoms with Crippen LogP contribution in [0, 0.1) is 5.82 Å². The zero-order valence-corrected chi connectivity index (χ0v) is 23.0. The minimum atomic E-state index is -2.56. The van der Waals surface area contributed by atoms with Gasteiger partial charge in [-0.2, -0.15) is 15.0 Å². The molecule has 166 valence electrons. The molecular weight excluding hydrogens is 764 g/mol. The van der Waals surface area contributed by atoms with Gasteiger partial charge in [-0.05, 0) is 91.8 Å². The van der Waals surface area contributed by atoms with Gasteiger partial charge in [0, 0.05) is 33.3 Å². The third-order valence-electron chi connectivity index (χ3n) is 2.57. The Morgan fingerprint density at radius 2 is 1.65 bits per heavy atom. The molecule has 0 amide bonds. The average molecular weight is 780 g/mol. The maximum absolute atomic E-state index is 13.1. The minimum Gasteiger partial charge on any atom is -0.424 e. The van der Waals surface area contributed by atoms with Crippen molar-refractivity contribution in [1.82, 2.24) is 44.7 Å². The molecule has 31 heavy (non-hydrogen) atoms. The number of hydrogen-bond donors (Lipinski definition) is 1. The lowest BCUT2D eigenvalue weighted by Gasteiger charge is -2.04. The van der Waals surface area contributed by atoms with E-state index in [9.17, 15) is 4.39 Å². The van der Waals surface area contributed by atoms with Gasteiger partial charge in [-0.25, -0.2) is 13.8 Å². The van der Waals surface area contributed by atoms with E-state index in [1.807, 2.05) is 0 Å². The number of nitrogens with one attached hydrogen (secondary N) is 1. The predicted octanol–water partition coefficient (Wildman–Crippen LogP) is 5.83. The highest BCUT2D eigenvalue weighted by Gasteiger charge is 2.08. The Labute approximate surface area is 230 Å². The van der Waals surface area contributed by atoms with E-state index in [1.165, 1.54) is 6.07 Å². The third kappa shape index (κ3) is 9.21. The van der Waals surface area contributed by atoms with Crippen LogP contribution >= 0.6 is 91.3 Å². The molecule has 0 atom stereocenters. The molecule has 0 saturated heterocycles. The van der Waals surface area contributed by atoms with Crippen LogP contribution in [0.1, 0.15) is 8.22 Å². The van der Waals surface area contributed by atoms with Crippen LogP contribution in [0.4, 0.5) is 4.39 Å². The molecule has 4 aromatic rings. The normalized spacial score (nSPS) is 13.8. The fraction of sp³-hybridized carbons (Fsp3) is 0.143. The molecule has 0 aliphatic carbocycles. The van der Waals surface area contributed by atoms with Crippen LogP contribution in [-0.2, 0) is 14.0 Å². The summed E-state index contributed by atoms with van der Waals surface area (Å²) >= 11 is 20.6. The lowest BCUT2D eigenvalue weighted by atomic mass is 10.3. The summed E-state index contributed by atoms with van der Waals surface area (Å²) in [7, 11) is 0. The maximum atomic E-state index is 13.1. The fourth-order valence-corrected chi connectivity index (χ4v) is 3.62. The summed E-state index contributed by atoms with van der Waals surface area (Å²) in [4.78, 5) is 11.2. The molecule has 0 radical (unpaired) electrons. The van der Waals surface area contributed by atoms with E-state index < -0.39 is 19.8 Å². The lowest BCUT2D eigenvalue weighted by Crippen LogP contribution is -1.96. The van der Waals surface area contributed by atoms with Crippen molar-refractivity contribution in [2.24, 2.45) is 14.0 Å². The van der Waals surface area contributed by atoms with Gasteiger partial charge >= 0.3 is 6.01 Å². The molecule has 4 rings (SSSR count). The number of benzene rings is 1. The number of rotatable bonds is 2. The van der Waals surface area contributed by atoms with Crippen LogP contribution in [0.15, 0.2) is 41.9 Å². The van der Waals surface area contributed by atoms with Gasteiger partial charge in [0.1, 0.15) is 11.6 Å². The monoisotopic (exact) mass is 775 g/mol. The largest absolute Gasteiger partial charge is 0.424 e. The zero-order chi connectivity index (χ0) is 28.1. The average Bonchev–Trinajstić information content (AvgIpc) is 3.39. The number of aromatic amines is 1. The van der Waals surface area contributed by atoms with Crippen LogP contribution in [0.25, 0.3) is 0 Å². The lowest BCUT2D eigenvalue weighted by molar-refractivity contribution is 0.412. The summed E-state index contributed by atoms with van der Waals surface area (Å²) in [5, 5.41) is 13.6. The Hall–Kier alpha value is -0.940. The van der Waals surface area contributed by atoms with Gasteiger partial charge in [0.05, 0.1) is 0 Å². The van der Waals surface area contributed by atoms with E-state index in [2.05, 4.69) is 115 Å². The van der Waals surface area contributed by atoms with Gasteiger partial charge in [-0.1, -0.05) is 11.6 Å². The van der Waals surface area contributed by atoms with E-state index in [0.29, 0.717) is 14.1 Å². The number of aromatic nitrogens is 9. The second kappa shape index (κ2) is 12.3. The molecule has 0 saturated carbocycles. The van der Waals surface area contributed by atoms with Crippen molar-refractivity contribution >= 4 is 91.3 Å². The van der Waals surface area contributed by atoms with Crippen molar-refractivity contribution in [3.8, 4) is 11.8 Å². The summed E-state index contributed by atoms with van der Waals surface area (Å²) in [6.07, 6.45) is 0. The number of nitrogens with zero attached hydrogens (tertiary/aromatic N) is 8. The highest BCUT2D eigenvalue weighted by atomic mass is 79.9. The molecule has 0 aliphatic heterocycles. The number of halogens is 7. The maximum Gasteiger partial charge on any atom is 0.321 e. The van der Waals surface area contributed by atoms with Crippen LogP contribution in [-0.4, -0.2) is 44.7 Å². The number of hydrogen-bond acceptors (Lipinski definition) is 7. The Morgan fingerprint density at radius 3 is 2.10 bits per heavy atom. The fourth-order valence-electron chi connectivity index (χ4n) is 1.53. The molecule has 1 N–H and O–H groups in total. The molecule has 3 heterocycles. The standard InChI is InChI=1S/C9H6BrClFN3O.C3H3Br2N3.C2HBr2N3/c1-15-9(13-8(10)14-15)16-7-3-5(11)2-6(12)4-7;1-8-3(5)6-2(4)7-8;3-1-5-2(4)7-6-1/h2-4H,1H3;1H3;(H,5,6,7)/i2*1D3;. The molecule has 0 fully saturated rings. The molecule has 3 aromatic heterocycles. The first-order valence-corrected chi connectivity index (χ1v) is 11.6. The molecule has 0 bridgehead atoms. The van der Waals surface area contributed by atoms with E-state index in [4.69, 9.17) is 24.6 Å². The molecular formula is C14H10Br5ClFN9O. The number of aryl methyl sites for hydroxylation is 2. The van der Waals surface area contributed by atoms with Crippen molar-refractivity contribution in [1.29, 1.82) is 0 Å². The first kappa shape index (κ1) is 18.5. The minimum absolute atomic E-state index is 0.0235. The van der Waals surface area contributed by atoms with Gasteiger partial charge < -0.3 is 4.74 Å². The Bertz CT molecular complexity index is 1310. The SMILES string of the molecule is Brc1n[nH]c(Br)n1.[2H]C([2H])([2H])n1nc(Br)nc1Br.[2H]C([2H])([2H])n1nc(Br)nc1Oc1cc(F)cc(Cl)c1. The van der Waals surface area contributed by atoms with Crippen molar-refractivity contribution in [2.45, 2.75) is 0 Å². The van der Waals surface area contributed by atoms with Crippen molar-refractivity contribution in [3.63, 3.8) is 0 Å². The number of H-pyrrole nitrogens is 1. The van der Waals surface area contributed by atoms with Crippen molar-refractivity contribution in [3.05, 3.63) is 52.7 Å². The Kier molecular flexibility index (Phi) is 7.36. The second-order valence-corrected chi connectivity index (χ2v) is 8.76. The van der Waals surface area contributed by atoms with Crippen LogP contribution in [0.2, 0.25) is 5.02 Å². The molecule has 0 spiro atoms. The van der Waals surface area contributed by atoms with E-state index in [0.717, 1.165) is 16.8 Å². The topological polar surface area (TPSA) is 112 Å². The van der Waals surface area contributed by atoms with E-state index in [1.54, 1.807) is 0 Å². The van der Waals surface area contributed by atoms with Crippen LogP contribution < -0.4 is 4.74 Å². The number of ether oxygens (including phenoxy) is 1. The summed E-state index contributed by atoms with van der Waals surface area (Å²) in [6.45, 7) is -4.84. The van der Waals surface area contributed by atoms with Gasteiger partial charge in [-0.15, -0.1) is 15.3 Å². The quantitative estimate of drug-likeness (QED) is 0.273. The van der Waals surface area contributed by atoms with Gasteiger partial charge in [0.15, 0.2) is 9.47 Å². The predicted molar refractivity (Wildman–Crippen MR) is 128 cm³/mol. The first-order valence-electron chi connectivity index (χ1n) is 10.2. The van der Waals surface area contributed by atoms with Gasteiger partial charge in [0.25, 0.3) is 0 Å². The Morgan fingerprint density at radius 1 is 0.968 bits per heavy atom. The Balaban J connectivity index is 0.000000224. The van der Waals surface area contributed by atoms with Crippen LogP contribution in [0.5, 0.6) is 11.8 Å². The molecule has 1 aromatic carbocycles.